The van der Waals surface area contributed by atoms with Crippen LogP contribution in [0.3, 0.4) is 0 Å². The molecule has 1 aliphatic rings. The van der Waals surface area contributed by atoms with Gasteiger partial charge in [-0.2, -0.15) is 0 Å². The van der Waals surface area contributed by atoms with E-state index in [1.807, 2.05) is 0 Å². The van der Waals surface area contributed by atoms with E-state index in [1.165, 1.54) is 0 Å². The van der Waals surface area contributed by atoms with Crippen LogP contribution in [0, 0.1) is 0 Å². The van der Waals surface area contributed by atoms with Crippen molar-refractivity contribution < 1.29 is 24.4 Å². The van der Waals surface area contributed by atoms with Gasteiger partial charge in [0.2, 0.25) is 0 Å². The number of halogens is 1. The molecule has 19 heavy (non-hydrogen) atoms. The van der Waals surface area contributed by atoms with E-state index < -0.39 is 42.5 Å². The molecule has 0 bridgehead atoms. The number of aliphatic hydroxyl groups excluding tert-OH is 3. The maximum Gasteiger partial charge on any atom is 0.330 e. The fourth-order valence-corrected chi connectivity index (χ4v) is 1.87. The molecule has 0 saturated carbocycles. The number of aliphatic hydroxyl groups is 3. The van der Waals surface area contributed by atoms with Crippen LogP contribution in [0.4, 0.5) is 4.39 Å². The number of H-pyrrole nitrogens is 1. The zero-order chi connectivity index (χ0) is 14.2. The van der Waals surface area contributed by atoms with Crippen molar-refractivity contribution in [3.8, 4) is 0 Å². The van der Waals surface area contributed by atoms with Crippen LogP contribution in [0.1, 0.15) is 11.8 Å². The first-order valence-corrected chi connectivity index (χ1v) is 5.52. The molecule has 0 amide bonds. The van der Waals surface area contributed by atoms with E-state index in [0.717, 1.165) is 6.20 Å². The Morgan fingerprint density at radius 2 is 2.05 bits per heavy atom. The molecule has 8 nitrogen and oxygen atoms in total. The van der Waals surface area contributed by atoms with Crippen LogP contribution in [-0.4, -0.2) is 49.8 Å². The van der Waals surface area contributed by atoms with Gasteiger partial charge in [-0.05, 0) is 0 Å². The maximum absolute atomic E-state index is 12.6. The monoisotopic (exact) mass is 276 g/mol. The van der Waals surface area contributed by atoms with Gasteiger partial charge < -0.3 is 25.0 Å². The van der Waals surface area contributed by atoms with Gasteiger partial charge in [0.05, 0.1) is 12.2 Å². The normalized spacial score (nSPS) is 31.4. The Labute approximate surface area is 105 Å². The first-order valence-electron chi connectivity index (χ1n) is 5.52. The van der Waals surface area contributed by atoms with Crippen LogP contribution in [-0.2, 0) is 11.4 Å². The summed E-state index contributed by atoms with van der Waals surface area (Å²) in [6.45, 7) is -1.46. The molecule has 1 fully saturated rings. The zero-order valence-electron chi connectivity index (χ0n) is 9.69. The Kier molecular flexibility index (Phi) is 3.80. The highest BCUT2D eigenvalue weighted by Crippen LogP contribution is 2.21. The van der Waals surface area contributed by atoms with E-state index in [1.54, 1.807) is 0 Å². The first-order chi connectivity index (χ1) is 8.97. The lowest BCUT2D eigenvalue weighted by Gasteiger charge is -2.35. The van der Waals surface area contributed by atoms with Crippen molar-refractivity contribution >= 4 is 0 Å². The average molecular weight is 276 g/mol. The minimum atomic E-state index is -1.68. The van der Waals surface area contributed by atoms with E-state index in [4.69, 9.17) is 4.74 Å². The Hall–Kier alpha value is -1.55. The molecular weight excluding hydrogens is 263 g/mol. The highest BCUT2D eigenvalue weighted by Gasteiger charge is 2.39. The molecule has 4 atom stereocenters. The lowest BCUT2D eigenvalue weighted by atomic mass is 10.0. The van der Waals surface area contributed by atoms with Gasteiger partial charge >= 0.3 is 5.69 Å². The molecule has 0 aromatic carbocycles. The molecular formula is C10H13FN2O6. The third kappa shape index (κ3) is 2.32. The molecule has 0 spiro atoms. The molecule has 1 aromatic heterocycles. The summed E-state index contributed by atoms with van der Waals surface area (Å²) in [6, 6.07) is 0. The molecule has 1 aromatic rings. The maximum atomic E-state index is 12.6. The van der Waals surface area contributed by atoms with Gasteiger partial charge in [0.1, 0.15) is 25.0 Å². The highest BCUT2D eigenvalue weighted by atomic mass is 19.1. The fraction of sp³-hybridized carbons (Fsp3) is 0.600. The van der Waals surface area contributed by atoms with Crippen LogP contribution >= 0.6 is 0 Å². The summed E-state index contributed by atoms with van der Waals surface area (Å²) in [4.78, 5) is 25.5. The van der Waals surface area contributed by atoms with E-state index in [9.17, 15) is 29.3 Å². The van der Waals surface area contributed by atoms with Gasteiger partial charge in [0.25, 0.3) is 5.56 Å². The van der Waals surface area contributed by atoms with Crippen molar-refractivity contribution in [1.29, 1.82) is 0 Å². The topological polar surface area (TPSA) is 125 Å². The van der Waals surface area contributed by atoms with E-state index in [2.05, 4.69) is 4.98 Å². The van der Waals surface area contributed by atoms with Crippen LogP contribution in [0.15, 0.2) is 15.8 Å². The van der Waals surface area contributed by atoms with E-state index in [0.29, 0.717) is 4.57 Å². The second kappa shape index (κ2) is 5.21. The second-order valence-electron chi connectivity index (χ2n) is 4.20. The molecule has 0 radical (unpaired) electrons. The minimum Gasteiger partial charge on any atom is -0.388 e. The lowest BCUT2D eigenvalue weighted by Crippen LogP contribution is -2.55. The summed E-state index contributed by atoms with van der Waals surface area (Å²) in [5, 5.41) is 28.5. The summed E-state index contributed by atoms with van der Waals surface area (Å²) < 4.78 is 18.0. The summed E-state index contributed by atoms with van der Waals surface area (Å²) in [5.41, 5.74) is -2.18. The second-order valence-corrected chi connectivity index (χ2v) is 4.20. The van der Waals surface area contributed by atoms with Gasteiger partial charge in [-0.25, -0.2) is 13.8 Å². The number of nitrogens with zero attached hydrogens (tertiary/aromatic N) is 1. The molecule has 4 N–H and O–H groups in total. The van der Waals surface area contributed by atoms with Crippen molar-refractivity contribution in [2.75, 3.05) is 6.61 Å². The molecule has 1 aliphatic heterocycles. The third-order valence-electron chi connectivity index (χ3n) is 2.95. The molecule has 1 unspecified atom stereocenters. The van der Waals surface area contributed by atoms with Gasteiger partial charge in [0, 0.05) is 6.20 Å². The Bertz CT molecular complexity index is 570. The number of aromatic amines is 1. The van der Waals surface area contributed by atoms with Crippen LogP contribution in [0.5, 0.6) is 0 Å². The number of hydrogen-bond acceptors (Lipinski definition) is 6. The molecule has 0 aliphatic carbocycles. The number of rotatable bonds is 2. The Balaban J connectivity index is 2.48. The average Bonchev–Trinajstić information content (AvgIpc) is 2.39. The highest BCUT2D eigenvalue weighted by molar-refractivity contribution is 5.04. The van der Waals surface area contributed by atoms with Crippen molar-refractivity contribution in [3.63, 3.8) is 0 Å². The predicted octanol–water partition coefficient (Wildman–Crippen LogP) is -2.38. The van der Waals surface area contributed by atoms with Crippen LogP contribution < -0.4 is 11.2 Å². The smallest absolute Gasteiger partial charge is 0.330 e. The van der Waals surface area contributed by atoms with Crippen molar-refractivity contribution in [2.45, 2.75) is 31.2 Å². The molecule has 2 heterocycles. The van der Waals surface area contributed by atoms with Gasteiger partial charge in [-0.1, -0.05) is 0 Å². The molecule has 9 heteroatoms. The lowest BCUT2D eigenvalue weighted by molar-refractivity contribution is -0.212. The summed E-state index contributed by atoms with van der Waals surface area (Å²) >= 11 is 0. The van der Waals surface area contributed by atoms with Crippen molar-refractivity contribution in [2.24, 2.45) is 0 Å². The predicted molar refractivity (Wildman–Crippen MR) is 59.1 cm³/mol. The first kappa shape index (κ1) is 13.9. The van der Waals surface area contributed by atoms with E-state index >= 15 is 0 Å². The molecule has 2 rings (SSSR count). The quantitative estimate of drug-likeness (QED) is 0.478. The van der Waals surface area contributed by atoms with E-state index in [-0.39, 0.29) is 12.2 Å². The zero-order valence-corrected chi connectivity index (χ0v) is 9.69. The SMILES string of the molecule is O=c1[nH]cc(CF)c(=O)n1C1OC[C@@H](O)[C@@H](O)[C@@H]1O. The summed E-state index contributed by atoms with van der Waals surface area (Å²) in [6.07, 6.45) is -5.13. The molecule has 106 valence electrons. The van der Waals surface area contributed by atoms with Gasteiger partial charge in [0.15, 0.2) is 6.23 Å². The standard InChI is InChI=1S/C10H13FN2O6/c11-1-4-2-12-10(18)13(8(4)17)9-7(16)6(15)5(14)3-19-9/h2,5-7,9,14-16H,1,3H2,(H,12,18)/t5-,6-,7+,9?/m1/s1. The van der Waals surface area contributed by atoms with Gasteiger partial charge in [-0.3, -0.25) is 4.79 Å². The summed E-state index contributed by atoms with van der Waals surface area (Å²) in [7, 11) is 0. The Morgan fingerprint density at radius 3 is 2.68 bits per heavy atom. The van der Waals surface area contributed by atoms with Gasteiger partial charge in [-0.15, -0.1) is 0 Å². The van der Waals surface area contributed by atoms with Crippen LogP contribution in [0.25, 0.3) is 0 Å². The fourth-order valence-electron chi connectivity index (χ4n) is 1.87. The number of nitrogens with one attached hydrogen (secondary N) is 1. The third-order valence-corrected chi connectivity index (χ3v) is 2.95. The number of aromatic nitrogens is 2. The largest absolute Gasteiger partial charge is 0.388 e. The van der Waals surface area contributed by atoms with Crippen molar-refractivity contribution in [1.82, 2.24) is 9.55 Å². The Morgan fingerprint density at radius 1 is 1.37 bits per heavy atom. The van der Waals surface area contributed by atoms with Crippen LogP contribution in [0.2, 0.25) is 0 Å². The van der Waals surface area contributed by atoms with Crippen molar-refractivity contribution in [3.05, 3.63) is 32.6 Å². The molecule has 1 saturated heterocycles. The number of alkyl halides is 1. The number of hydrogen-bond donors (Lipinski definition) is 4. The number of ether oxygens (including phenoxy) is 1. The minimum absolute atomic E-state index is 0.309. The summed E-state index contributed by atoms with van der Waals surface area (Å²) in [5.74, 6) is 0.